The minimum atomic E-state index is -0.242. The maximum absolute atomic E-state index is 12.4. The lowest BCUT2D eigenvalue weighted by atomic mass is 10.2. The number of amides is 1. The first kappa shape index (κ1) is 23.9. The van der Waals surface area contributed by atoms with Crippen molar-refractivity contribution in [1.29, 1.82) is 0 Å². The zero-order chi connectivity index (χ0) is 23.2. The number of benzene rings is 3. The number of carbonyl (C=O) groups excluding carboxylic acids is 1. The largest absolute Gasteiger partial charge is 0.488 e. The van der Waals surface area contributed by atoms with Gasteiger partial charge in [0.25, 0.3) is 5.91 Å². The van der Waals surface area contributed by atoms with Crippen LogP contribution < -0.4 is 15.1 Å². The van der Waals surface area contributed by atoms with E-state index >= 15 is 0 Å². The van der Waals surface area contributed by atoms with Crippen LogP contribution in [-0.2, 0) is 6.61 Å². The monoisotopic (exact) mass is 593 g/mol. The van der Waals surface area contributed by atoms with Gasteiger partial charge in [-0.05, 0) is 95.6 Å². The fraction of sp³-hybridized carbons (Fsp3) is 0.200. The first-order valence-electron chi connectivity index (χ1n) is 10.5. The van der Waals surface area contributed by atoms with Crippen LogP contribution in [-0.4, -0.2) is 25.2 Å². The van der Waals surface area contributed by atoms with Crippen LogP contribution in [0.3, 0.4) is 0 Å². The Balaban J connectivity index is 1.31. The molecule has 33 heavy (non-hydrogen) atoms. The second-order valence-corrected chi connectivity index (χ2v) is 9.66. The van der Waals surface area contributed by atoms with Crippen molar-refractivity contribution in [1.82, 2.24) is 5.43 Å². The van der Waals surface area contributed by atoms with E-state index in [0.29, 0.717) is 22.2 Å². The maximum Gasteiger partial charge on any atom is 0.271 e. The van der Waals surface area contributed by atoms with E-state index in [1.165, 1.54) is 12.8 Å². The summed E-state index contributed by atoms with van der Waals surface area (Å²) in [5.74, 6) is 0.495. The van der Waals surface area contributed by atoms with Gasteiger partial charge in [-0.1, -0.05) is 29.3 Å². The van der Waals surface area contributed by atoms with E-state index in [0.717, 1.165) is 39.2 Å². The third-order valence-electron chi connectivity index (χ3n) is 5.33. The van der Waals surface area contributed by atoms with Gasteiger partial charge in [-0.25, -0.2) is 5.43 Å². The molecule has 1 amide bonds. The molecular formula is C25H22Cl2IN3O2. The Morgan fingerprint density at radius 2 is 1.82 bits per heavy atom. The lowest BCUT2D eigenvalue weighted by Gasteiger charge is -2.17. The van der Waals surface area contributed by atoms with Gasteiger partial charge in [0.05, 0.1) is 9.78 Å². The highest BCUT2D eigenvalue weighted by Crippen LogP contribution is 2.26. The zero-order valence-electron chi connectivity index (χ0n) is 17.7. The molecule has 170 valence electrons. The number of nitrogens with zero attached hydrogens (tertiary/aromatic N) is 2. The molecule has 1 aliphatic rings. The molecule has 1 saturated heterocycles. The van der Waals surface area contributed by atoms with Crippen LogP contribution in [0.15, 0.2) is 65.8 Å². The van der Waals surface area contributed by atoms with E-state index in [1.54, 1.807) is 18.3 Å². The van der Waals surface area contributed by atoms with Gasteiger partial charge in [0.2, 0.25) is 0 Å². The predicted octanol–water partition coefficient (Wildman–Crippen LogP) is 6.54. The second kappa shape index (κ2) is 11.2. The number of hydrogen-bond donors (Lipinski definition) is 1. The summed E-state index contributed by atoms with van der Waals surface area (Å²) in [5.41, 5.74) is 6.03. The van der Waals surface area contributed by atoms with Gasteiger partial charge in [0.15, 0.2) is 0 Å². The molecule has 3 aromatic rings. The summed E-state index contributed by atoms with van der Waals surface area (Å²) in [6, 6.07) is 18.6. The number of rotatable bonds is 7. The lowest BCUT2D eigenvalue weighted by molar-refractivity contribution is 0.0955. The maximum atomic E-state index is 12.4. The number of halogens is 3. The van der Waals surface area contributed by atoms with Gasteiger partial charge >= 0.3 is 0 Å². The highest BCUT2D eigenvalue weighted by Gasteiger charge is 2.13. The van der Waals surface area contributed by atoms with Gasteiger partial charge in [-0.2, -0.15) is 5.10 Å². The Morgan fingerprint density at radius 1 is 1.06 bits per heavy atom. The van der Waals surface area contributed by atoms with E-state index in [-0.39, 0.29) is 5.91 Å². The van der Waals surface area contributed by atoms with Crippen molar-refractivity contribution in [2.24, 2.45) is 5.10 Å². The number of hydrazone groups is 1. The highest BCUT2D eigenvalue weighted by atomic mass is 127. The number of ether oxygens (including phenoxy) is 1. The topological polar surface area (TPSA) is 53.9 Å². The average molecular weight is 594 g/mol. The Hall–Kier alpha value is -2.29. The van der Waals surface area contributed by atoms with Crippen LogP contribution in [0.4, 0.5) is 5.69 Å². The summed E-state index contributed by atoms with van der Waals surface area (Å²) in [6.07, 6.45) is 4.05. The molecule has 3 aromatic carbocycles. The normalized spacial score (nSPS) is 13.5. The van der Waals surface area contributed by atoms with Crippen LogP contribution in [0, 0.1) is 3.57 Å². The van der Waals surface area contributed by atoms with Crippen LogP contribution in [0.1, 0.15) is 34.3 Å². The third kappa shape index (κ3) is 6.40. The summed E-state index contributed by atoms with van der Waals surface area (Å²) in [4.78, 5) is 14.7. The van der Waals surface area contributed by atoms with E-state index in [4.69, 9.17) is 27.9 Å². The molecule has 0 aliphatic carbocycles. The molecule has 8 heteroatoms. The van der Waals surface area contributed by atoms with Crippen molar-refractivity contribution in [2.45, 2.75) is 19.4 Å². The molecule has 0 bridgehead atoms. The molecule has 5 nitrogen and oxygen atoms in total. The summed E-state index contributed by atoms with van der Waals surface area (Å²) < 4.78 is 6.81. The molecule has 0 aromatic heterocycles. The minimum Gasteiger partial charge on any atom is -0.488 e. The molecule has 0 spiro atoms. The first-order chi connectivity index (χ1) is 16.0. The number of nitrogens with one attached hydrogen (secondary N) is 1. The predicted molar refractivity (Wildman–Crippen MR) is 143 cm³/mol. The lowest BCUT2D eigenvalue weighted by Crippen LogP contribution is -2.19. The summed E-state index contributed by atoms with van der Waals surface area (Å²) in [7, 11) is 0. The molecule has 1 N–H and O–H groups in total. The molecule has 1 fully saturated rings. The quantitative estimate of drug-likeness (QED) is 0.192. The second-order valence-electron chi connectivity index (χ2n) is 7.65. The first-order valence-corrected chi connectivity index (χ1v) is 12.4. The standard InChI is InChI=1S/C25H22Cl2IN3O2/c26-20-7-4-19(22(27)14-20)16-33-24-10-3-17(13-23(24)28)15-29-30-25(32)18-5-8-21(9-6-18)31-11-1-2-12-31/h3-10,13-15H,1-2,11-12,16H2,(H,30,32)/b29-15-. The SMILES string of the molecule is O=C(N/N=C\c1ccc(OCc2ccc(Cl)cc2Cl)c(I)c1)c1ccc(N2CCCC2)cc1. The van der Waals surface area contributed by atoms with Crippen LogP contribution >= 0.6 is 45.8 Å². The van der Waals surface area contributed by atoms with Gasteiger partial charge in [-0.3, -0.25) is 4.79 Å². The van der Waals surface area contributed by atoms with Crippen molar-refractivity contribution in [3.63, 3.8) is 0 Å². The Morgan fingerprint density at radius 3 is 2.52 bits per heavy atom. The minimum absolute atomic E-state index is 0.242. The third-order valence-corrected chi connectivity index (χ3v) is 6.76. The fourth-order valence-electron chi connectivity index (χ4n) is 3.54. The molecule has 0 radical (unpaired) electrons. The van der Waals surface area contributed by atoms with Crippen molar-refractivity contribution < 1.29 is 9.53 Å². The van der Waals surface area contributed by atoms with Crippen molar-refractivity contribution in [2.75, 3.05) is 18.0 Å². The summed E-state index contributed by atoms with van der Waals surface area (Å²) in [5, 5.41) is 5.26. The molecule has 1 heterocycles. The molecular weight excluding hydrogens is 572 g/mol. The van der Waals surface area contributed by atoms with Gasteiger partial charge in [0, 0.05) is 39.9 Å². The number of carbonyl (C=O) groups is 1. The highest BCUT2D eigenvalue weighted by molar-refractivity contribution is 14.1. The van der Waals surface area contributed by atoms with Gasteiger partial charge in [0.1, 0.15) is 12.4 Å². The molecule has 0 unspecified atom stereocenters. The summed E-state index contributed by atoms with van der Waals surface area (Å²) in [6.45, 7) is 2.49. The Bertz CT molecular complexity index is 1160. The van der Waals surface area contributed by atoms with Crippen LogP contribution in [0.2, 0.25) is 10.0 Å². The van der Waals surface area contributed by atoms with Crippen LogP contribution in [0.25, 0.3) is 0 Å². The van der Waals surface area contributed by atoms with E-state index in [2.05, 4.69) is 38.0 Å². The smallest absolute Gasteiger partial charge is 0.271 e. The number of anilines is 1. The fourth-order valence-corrected chi connectivity index (χ4v) is 4.70. The number of hydrogen-bond acceptors (Lipinski definition) is 4. The Kier molecular flexibility index (Phi) is 8.11. The average Bonchev–Trinajstić information content (AvgIpc) is 3.35. The van der Waals surface area contributed by atoms with E-state index in [9.17, 15) is 4.79 Å². The molecule has 0 atom stereocenters. The van der Waals surface area contributed by atoms with Gasteiger partial charge in [-0.15, -0.1) is 0 Å². The van der Waals surface area contributed by atoms with E-state index < -0.39 is 0 Å². The Labute approximate surface area is 216 Å². The van der Waals surface area contributed by atoms with Crippen molar-refractivity contribution >= 4 is 63.6 Å². The molecule has 4 rings (SSSR count). The van der Waals surface area contributed by atoms with Gasteiger partial charge < -0.3 is 9.64 Å². The molecule has 0 saturated carbocycles. The van der Waals surface area contributed by atoms with Crippen molar-refractivity contribution in [3.05, 3.63) is 91.0 Å². The van der Waals surface area contributed by atoms with Crippen molar-refractivity contribution in [3.8, 4) is 5.75 Å². The van der Waals surface area contributed by atoms with Crippen LogP contribution in [0.5, 0.6) is 5.75 Å². The summed E-state index contributed by atoms with van der Waals surface area (Å²) >= 11 is 14.3. The van der Waals surface area contributed by atoms with E-state index in [1.807, 2.05) is 48.5 Å². The molecule has 1 aliphatic heterocycles. The zero-order valence-corrected chi connectivity index (χ0v) is 21.4.